The van der Waals surface area contributed by atoms with Gasteiger partial charge in [-0.15, -0.1) is 0 Å². The van der Waals surface area contributed by atoms with E-state index in [0.29, 0.717) is 5.41 Å². The molecule has 1 aliphatic heterocycles. The normalized spacial score (nSPS) is 24.5. The predicted molar refractivity (Wildman–Crippen MR) is 152 cm³/mol. The van der Waals surface area contributed by atoms with Gasteiger partial charge in [-0.1, -0.05) is 129 Å². The lowest BCUT2D eigenvalue weighted by Gasteiger charge is -2.38. The van der Waals surface area contributed by atoms with Gasteiger partial charge in [0.1, 0.15) is 0 Å². The summed E-state index contributed by atoms with van der Waals surface area (Å²) in [5.74, 6) is 0. The summed E-state index contributed by atoms with van der Waals surface area (Å²) < 4.78 is 23.8. The molecule has 0 amide bonds. The second-order valence-electron chi connectivity index (χ2n) is 10.8. The lowest BCUT2D eigenvalue weighted by Crippen LogP contribution is -2.38. The molecule has 4 nitrogen and oxygen atoms in total. The average Bonchev–Trinajstić information content (AvgIpc) is 2.78. The van der Waals surface area contributed by atoms with Crippen molar-refractivity contribution in [2.45, 2.75) is 154 Å². The third kappa shape index (κ3) is 15.4. The molecular formula is C25H56O4Si4. The predicted octanol–water partition coefficient (Wildman–Crippen LogP) is 5.89. The molecule has 1 heterocycles. The zero-order valence-electron chi connectivity index (χ0n) is 22.1. The van der Waals surface area contributed by atoms with Crippen molar-refractivity contribution in [2.24, 2.45) is 5.41 Å². The summed E-state index contributed by atoms with van der Waals surface area (Å²) in [5, 5.41) is 0. The van der Waals surface area contributed by atoms with Crippen LogP contribution in [0.2, 0.25) is 6.04 Å². The van der Waals surface area contributed by atoms with Crippen LogP contribution in [-0.4, -0.2) is 39.3 Å². The van der Waals surface area contributed by atoms with Crippen LogP contribution in [0.1, 0.15) is 148 Å². The van der Waals surface area contributed by atoms with Gasteiger partial charge in [0, 0.05) is 0 Å². The molecular weight excluding hydrogens is 477 g/mol. The van der Waals surface area contributed by atoms with E-state index in [1.165, 1.54) is 147 Å². The highest BCUT2D eigenvalue weighted by Gasteiger charge is 2.35. The first-order valence-corrected chi connectivity index (χ1v) is 20.0. The highest BCUT2D eigenvalue weighted by molar-refractivity contribution is 6.60. The molecule has 0 N–H and O–H groups in total. The summed E-state index contributed by atoms with van der Waals surface area (Å²) in [5.41, 5.74) is 0.494. The number of hydrogen-bond acceptors (Lipinski definition) is 4. The van der Waals surface area contributed by atoms with E-state index in [1.54, 1.807) is 0 Å². The van der Waals surface area contributed by atoms with Gasteiger partial charge in [0.05, 0.1) is 0 Å². The maximum Gasteiger partial charge on any atom is 0.303 e. The lowest BCUT2D eigenvalue weighted by molar-refractivity contribution is 0.194. The van der Waals surface area contributed by atoms with Crippen molar-refractivity contribution < 1.29 is 16.5 Å². The van der Waals surface area contributed by atoms with Gasteiger partial charge >= 0.3 is 9.28 Å². The number of hydrogen-bond donors (Lipinski definition) is 0. The Morgan fingerprint density at radius 3 is 1.55 bits per heavy atom. The van der Waals surface area contributed by atoms with Gasteiger partial charge in [-0.3, -0.25) is 0 Å². The SMILES string of the molecule is CCCCCCCCCCCCCCCCC1(C[SiH]2O[SiH2]O[SiH2]O[SiH2]O2)CCCCCCC1. The van der Waals surface area contributed by atoms with Crippen molar-refractivity contribution in [1.82, 2.24) is 0 Å². The van der Waals surface area contributed by atoms with Crippen LogP contribution in [0.3, 0.4) is 0 Å². The summed E-state index contributed by atoms with van der Waals surface area (Å²) in [4.78, 5) is 0. The average molecular weight is 533 g/mol. The van der Waals surface area contributed by atoms with Gasteiger partial charge in [0.15, 0.2) is 0 Å². The summed E-state index contributed by atoms with van der Waals surface area (Å²) in [6.07, 6.45) is 31.5. The van der Waals surface area contributed by atoms with Crippen molar-refractivity contribution in [2.75, 3.05) is 0 Å². The minimum atomic E-state index is -1.57. The molecule has 0 spiro atoms. The first-order chi connectivity index (χ1) is 16.3. The fourth-order valence-corrected chi connectivity index (χ4v) is 15.1. The van der Waals surface area contributed by atoms with Gasteiger partial charge in [-0.2, -0.15) is 0 Å². The quantitative estimate of drug-likeness (QED) is 0.173. The molecule has 8 heteroatoms. The van der Waals surface area contributed by atoms with Crippen LogP contribution in [-0.2, 0) is 16.5 Å². The van der Waals surface area contributed by atoms with Crippen LogP contribution in [0.15, 0.2) is 0 Å². The molecule has 1 aliphatic carbocycles. The molecule has 1 saturated carbocycles. The Hall–Kier alpha value is 0.708. The van der Waals surface area contributed by atoms with Crippen LogP contribution in [0.25, 0.3) is 0 Å². The van der Waals surface area contributed by atoms with Crippen molar-refractivity contribution in [3.05, 3.63) is 0 Å². The van der Waals surface area contributed by atoms with Gasteiger partial charge in [-0.25, -0.2) is 0 Å². The molecule has 1 saturated heterocycles. The number of rotatable bonds is 17. The fourth-order valence-electron chi connectivity index (χ4n) is 5.80. The molecule has 2 fully saturated rings. The van der Waals surface area contributed by atoms with Crippen molar-refractivity contribution >= 4 is 39.3 Å². The van der Waals surface area contributed by atoms with Crippen LogP contribution >= 0.6 is 0 Å². The zero-order chi connectivity index (χ0) is 23.3. The van der Waals surface area contributed by atoms with Gasteiger partial charge in [-0.05, 0) is 30.7 Å². The maximum atomic E-state index is 6.23. The maximum absolute atomic E-state index is 6.23. The highest BCUT2D eigenvalue weighted by atomic mass is 28.4. The molecule has 0 aromatic heterocycles. The largest absolute Gasteiger partial charge is 0.425 e. The summed E-state index contributed by atoms with van der Waals surface area (Å²) in [6.45, 7) is 2.30. The Labute approximate surface area is 215 Å². The van der Waals surface area contributed by atoms with E-state index in [4.69, 9.17) is 16.5 Å². The Kier molecular flexibility index (Phi) is 18.9. The molecule has 0 unspecified atom stereocenters. The van der Waals surface area contributed by atoms with Crippen molar-refractivity contribution in [1.29, 1.82) is 0 Å². The van der Waals surface area contributed by atoms with Crippen molar-refractivity contribution in [3.8, 4) is 0 Å². The van der Waals surface area contributed by atoms with Gasteiger partial charge < -0.3 is 16.5 Å². The third-order valence-corrected chi connectivity index (χ3v) is 15.8. The smallest absolute Gasteiger partial charge is 0.303 e. The van der Waals surface area contributed by atoms with Gasteiger partial charge in [0.25, 0.3) is 30.0 Å². The Bertz CT molecular complexity index is 429. The van der Waals surface area contributed by atoms with Crippen LogP contribution in [0.4, 0.5) is 0 Å². The van der Waals surface area contributed by atoms with E-state index in [-0.39, 0.29) is 0 Å². The minimum Gasteiger partial charge on any atom is -0.425 e. The zero-order valence-corrected chi connectivity index (χ0v) is 27.5. The summed E-state index contributed by atoms with van der Waals surface area (Å²) >= 11 is 0. The fraction of sp³-hybridized carbons (Fsp3) is 1.00. The standard InChI is InChI=1S/C25H56O4Si4/c1-2-3-4-5-6-7-8-9-10-11-12-13-15-18-21-25(22-19-16-14-17-20-23-25)24-33-28-31-26-30-27-32-29-33/h33H,2-24,30-32H2,1H3. The monoisotopic (exact) mass is 532 g/mol. The molecule has 0 atom stereocenters. The van der Waals surface area contributed by atoms with Crippen molar-refractivity contribution in [3.63, 3.8) is 0 Å². The first kappa shape index (κ1) is 29.9. The summed E-state index contributed by atoms with van der Waals surface area (Å²) in [7, 11) is -4.01. The topological polar surface area (TPSA) is 36.9 Å². The van der Waals surface area contributed by atoms with E-state index in [1.807, 2.05) is 0 Å². The van der Waals surface area contributed by atoms with E-state index in [2.05, 4.69) is 6.92 Å². The molecule has 33 heavy (non-hydrogen) atoms. The molecule has 2 aliphatic rings. The lowest BCUT2D eigenvalue weighted by atomic mass is 9.74. The Morgan fingerprint density at radius 2 is 1.03 bits per heavy atom. The van der Waals surface area contributed by atoms with Crippen LogP contribution < -0.4 is 0 Å². The molecule has 0 radical (unpaired) electrons. The molecule has 0 aromatic rings. The van der Waals surface area contributed by atoms with Gasteiger partial charge in [0.2, 0.25) is 0 Å². The second-order valence-corrected chi connectivity index (χ2v) is 18.7. The van der Waals surface area contributed by atoms with E-state index in [0.717, 1.165) is 0 Å². The Morgan fingerprint density at radius 1 is 0.576 bits per heavy atom. The summed E-state index contributed by atoms with van der Waals surface area (Å²) in [6, 6.07) is 1.22. The second kappa shape index (κ2) is 20.9. The van der Waals surface area contributed by atoms with E-state index in [9.17, 15) is 0 Å². The van der Waals surface area contributed by atoms with E-state index < -0.39 is 39.3 Å². The highest BCUT2D eigenvalue weighted by Crippen LogP contribution is 2.43. The molecule has 0 aromatic carbocycles. The molecule has 0 bridgehead atoms. The molecule has 2 rings (SSSR count). The number of unbranched alkanes of at least 4 members (excludes halogenated alkanes) is 13. The minimum absolute atomic E-state index is 0.494. The van der Waals surface area contributed by atoms with Crippen LogP contribution in [0.5, 0.6) is 0 Å². The van der Waals surface area contributed by atoms with E-state index >= 15 is 0 Å². The first-order valence-electron chi connectivity index (χ1n) is 14.7. The Balaban J connectivity index is 1.57. The molecule has 196 valence electrons. The third-order valence-electron chi connectivity index (χ3n) is 7.92. The van der Waals surface area contributed by atoms with Crippen LogP contribution in [0, 0.1) is 5.41 Å².